The Hall–Kier alpha value is -2.18. The van der Waals surface area contributed by atoms with Gasteiger partial charge in [-0.1, -0.05) is 42.5 Å². The van der Waals surface area contributed by atoms with E-state index in [1.807, 2.05) is 30.3 Å². The number of rotatable bonds is 5. The van der Waals surface area contributed by atoms with E-state index >= 15 is 0 Å². The number of carbonyl (C=O) groups is 1. The van der Waals surface area contributed by atoms with Crippen molar-refractivity contribution >= 4 is 16.0 Å². The fourth-order valence-corrected chi connectivity index (χ4v) is 4.48. The van der Waals surface area contributed by atoms with Gasteiger partial charge in [-0.05, 0) is 64.8 Å². The van der Waals surface area contributed by atoms with Crippen molar-refractivity contribution in [2.45, 2.75) is 57.6 Å². The molecular weight excluding hydrogens is 374 g/mol. The highest BCUT2D eigenvalue weighted by atomic mass is 32.2. The largest absolute Gasteiger partial charge is 0.459 e. The average Bonchev–Trinajstić information content (AvgIpc) is 2.58. The van der Waals surface area contributed by atoms with Crippen LogP contribution in [-0.2, 0) is 19.6 Å². The molecule has 0 heterocycles. The Bertz CT molecular complexity index is 906. The summed E-state index contributed by atoms with van der Waals surface area (Å²) in [6, 6.07) is 16.4. The van der Waals surface area contributed by atoms with Crippen LogP contribution in [0.3, 0.4) is 0 Å². The van der Waals surface area contributed by atoms with Crippen molar-refractivity contribution in [1.29, 1.82) is 0 Å². The summed E-state index contributed by atoms with van der Waals surface area (Å²) in [5, 5.41) is 0. The summed E-state index contributed by atoms with van der Waals surface area (Å²) < 4.78 is 33.0. The van der Waals surface area contributed by atoms with E-state index in [4.69, 9.17) is 4.74 Å². The van der Waals surface area contributed by atoms with Gasteiger partial charge in [-0.3, -0.25) is 4.79 Å². The van der Waals surface area contributed by atoms with Crippen molar-refractivity contribution in [1.82, 2.24) is 4.31 Å². The van der Waals surface area contributed by atoms with Gasteiger partial charge in [-0.15, -0.1) is 0 Å². The highest BCUT2D eigenvalue weighted by Gasteiger charge is 2.36. The molecule has 0 saturated heterocycles. The second-order valence-corrected chi connectivity index (χ2v) is 10.5. The average molecular weight is 404 g/mol. The lowest BCUT2D eigenvalue weighted by Gasteiger charge is -2.34. The number of hydrogen-bond acceptors (Lipinski definition) is 4. The second-order valence-electron chi connectivity index (χ2n) is 8.66. The van der Waals surface area contributed by atoms with Gasteiger partial charge in [0.15, 0.2) is 0 Å². The minimum Gasteiger partial charge on any atom is -0.459 e. The van der Waals surface area contributed by atoms with Crippen molar-refractivity contribution < 1.29 is 17.9 Å². The number of ether oxygens (including phenoxy) is 1. The molecule has 0 fully saturated rings. The zero-order valence-corrected chi connectivity index (χ0v) is 18.2. The maximum Gasteiger partial charge on any atom is 0.321 e. The minimum atomic E-state index is -3.88. The third-order valence-corrected chi connectivity index (χ3v) is 6.12. The van der Waals surface area contributed by atoms with Crippen molar-refractivity contribution in [2.24, 2.45) is 0 Å². The van der Waals surface area contributed by atoms with Crippen molar-refractivity contribution in [3.63, 3.8) is 0 Å². The van der Waals surface area contributed by atoms with Gasteiger partial charge in [0.05, 0.1) is 4.90 Å². The lowest BCUT2D eigenvalue weighted by Crippen LogP contribution is -2.49. The van der Waals surface area contributed by atoms with Gasteiger partial charge in [0.2, 0.25) is 10.0 Å². The van der Waals surface area contributed by atoms with Gasteiger partial charge >= 0.3 is 5.97 Å². The molecule has 6 heteroatoms. The minimum absolute atomic E-state index is 0.144. The van der Waals surface area contributed by atoms with Crippen LogP contribution in [0.15, 0.2) is 59.5 Å². The molecule has 0 aliphatic rings. The predicted octanol–water partition coefficient (Wildman–Crippen LogP) is 4.48. The molecule has 0 radical (unpaired) electrons. The molecular formula is C22H29NO4S. The molecule has 0 saturated carbocycles. The normalized spacial score (nSPS) is 12.8. The van der Waals surface area contributed by atoms with Crippen LogP contribution in [0.25, 0.3) is 11.1 Å². The molecule has 28 heavy (non-hydrogen) atoms. The summed E-state index contributed by atoms with van der Waals surface area (Å²) in [4.78, 5) is 12.4. The van der Waals surface area contributed by atoms with Gasteiger partial charge < -0.3 is 4.74 Å². The van der Waals surface area contributed by atoms with Gasteiger partial charge in [0, 0.05) is 5.54 Å². The zero-order chi connectivity index (χ0) is 21.2. The molecule has 0 N–H and O–H groups in total. The molecule has 2 rings (SSSR count). The van der Waals surface area contributed by atoms with Crippen molar-refractivity contribution in [3.05, 3.63) is 54.6 Å². The van der Waals surface area contributed by atoms with Gasteiger partial charge in [0.25, 0.3) is 0 Å². The smallest absolute Gasteiger partial charge is 0.321 e. The van der Waals surface area contributed by atoms with Crippen molar-refractivity contribution in [3.8, 4) is 11.1 Å². The molecule has 2 aromatic carbocycles. The molecule has 0 bridgehead atoms. The van der Waals surface area contributed by atoms with Crippen LogP contribution in [0.5, 0.6) is 0 Å². The van der Waals surface area contributed by atoms with Crippen LogP contribution in [0, 0.1) is 0 Å². The predicted molar refractivity (Wildman–Crippen MR) is 111 cm³/mol. The third-order valence-electron chi connectivity index (χ3n) is 3.99. The second kappa shape index (κ2) is 8.05. The monoisotopic (exact) mass is 403 g/mol. The van der Waals surface area contributed by atoms with Gasteiger partial charge in [-0.2, -0.15) is 4.31 Å². The molecule has 0 aromatic heterocycles. The van der Waals surface area contributed by atoms with E-state index in [2.05, 4.69) is 0 Å². The van der Waals surface area contributed by atoms with Crippen LogP contribution < -0.4 is 0 Å². The standard InChI is InChI=1S/C22H29NO4S/c1-21(2,3)23(16-20(24)27-22(4,5)6)28(25,26)19-14-12-18(13-15-19)17-10-8-7-9-11-17/h7-15H,16H2,1-6H3. The summed E-state index contributed by atoms with van der Waals surface area (Å²) in [5.74, 6) is -0.577. The molecule has 152 valence electrons. The van der Waals surface area contributed by atoms with Crippen LogP contribution in [0.2, 0.25) is 0 Å². The maximum absolute atomic E-state index is 13.2. The summed E-state index contributed by atoms with van der Waals surface area (Å²) in [6.07, 6.45) is 0. The maximum atomic E-state index is 13.2. The number of nitrogens with zero attached hydrogens (tertiary/aromatic N) is 1. The van der Waals surface area contributed by atoms with Gasteiger partial charge in [0.1, 0.15) is 12.1 Å². The van der Waals surface area contributed by atoms with Crippen LogP contribution in [0.4, 0.5) is 0 Å². The topological polar surface area (TPSA) is 63.7 Å². The Labute approximate surface area is 168 Å². The Morgan fingerprint density at radius 3 is 1.82 bits per heavy atom. The molecule has 0 atom stereocenters. The third kappa shape index (κ3) is 5.66. The molecule has 0 spiro atoms. The zero-order valence-electron chi connectivity index (χ0n) is 17.4. The van der Waals surface area contributed by atoms with E-state index in [-0.39, 0.29) is 11.4 Å². The van der Waals surface area contributed by atoms with E-state index in [0.29, 0.717) is 0 Å². The Morgan fingerprint density at radius 2 is 1.36 bits per heavy atom. The van der Waals surface area contributed by atoms with E-state index in [1.165, 1.54) is 4.31 Å². The Kier molecular flexibility index (Phi) is 6.36. The number of esters is 1. The van der Waals surface area contributed by atoms with Gasteiger partial charge in [-0.25, -0.2) is 8.42 Å². The summed E-state index contributed by atoms with van der Waals surface area (Å²) in [5.41, 5.74) is 0.470. The first-order chi connectivity index (χ1) is 12.8. The van der Waals surface area contributed by atoms with Crippen LogP contribution in [0.1, 0.15) is 41.5 Å². The van der Waals surface area contributed by atoms with E-state index in [9.17, 15) is 13.2 Å². The quantitative estimate of drug-likeness (QED) is 0.690. The summed E-state index contributed by atoms with van der Waals surface area (Å²) >= 11 is 0. The fourth-order valence-electron chi connectivity index (χ4n) is 2.75. The summed E-state index contributed by atoms with van der Waals surface area (Å²) in [7, 11) is -3.88. The summed E-state index contributed by atoms with van der Waals surface area (Å²) in [6.45, 7) is 10.2. The Morgan fingerprint density at radius 1 is 0.857 bits per heavy atom. The van der Waals surface area contributed by atoms with Crippen LogP contribution in [-0.4, -0.2) is 36.4 Å². The Balaban J connectivity index is 2.33. The number of hydrogen-bond donors (Lipinski definition) is 0. The van der Waals surface area contributed by atoms with Crippen LogP contribution >= 0.6 is 0 Å². The molecule has 0 amide bonds. The lowest BCUT2D eigenvalue weighted by molar-refractivity contribution is -0.155. The lowest BCUT2D eigenvalue weighted by atomic mass is 10.1. The number of carbonyl (C=O) groups excluding carboxylic acids is 1. The molecule has 0 unspecified atom stereocenters. The highest BCUT2D eigenvalue weighted by molar-refractivity contribution is 7.89. The fraction of sp³-hybridized carbons (Fsp3) is 0.409. The first-order valence-corrected chi connectivity index (χ1v) is 10.6. The highest BCUT2D eigenvalue weighted by Crippen LogP contribution is 2.27. The number of sulfonamides is 1. The number of benzene rings is 2. The SMILES string of the molecule is CC(C)(C)OC(=O)CN(C(C)(C)C)S(=O)(=O)c1ccc(-c2ccccc2)cc1. The van der Waals surface area contributed by atoms with E-state index in [1.54, 1.807) is 65.8 Å². The van der Waals surface area contributed by atoms with E-state index < -0.39 is 27.1 Å². The first kappa shape index (κ1) is 22.1. The molecule has 0 aliphatic heterocycles. The molecule has 5 nitrogen and oxygen atoms in total. The van der Waals surface area contributed by atoms with E-state index in [0.717, 1.165) is 11.1 Å². The molecule has 2 aromatic rings. The molecule has 0 aliphatic carbocycles. The first-order valence-electron chi connectivity index (χ1n) is 9.21. The van der Waals surface area contributed by atoms with Crippen molar-refractivity contribution in [2.75, 3.05) is 6.54 Å².